The van der Waals surface area contributed by atoms with Crippen molar-refractivity contribution in [2.24, 2.45) is 0 Å². The van der Waals surface area contributed by atoms with Gasteiger partial charge in [-0.25, -0.2) is 0 Å². The fourth-order valence-electron chi connectivity index (χ4n) is 2.31. The van der Waals surface area contributed by atoms with Crippen molar-refractivity contribution in [1.82, 2.24) is 5.32 Å². The van der Waals surface area contributed by atoms with Crippen LogP contribution in [0.1, 0.15) is 23.4 Å². The Morgan fingerprint density at radius 2 is 2.16 bits per heavy atom. The molecule has 3 nitrogen and oxygen atoms in total. The van der Waals surface area contributed by atoms with Gasteiger partial charge in [-0.05, 0) is 35.7 Å². The van der Waals surface area contributed by atoms with E-state index in [4.69, 9.17) is 9.47 Å². The summed E-state index contributed by atoms with van der Waals surface area (Å²) < 4.78 is 10.8. The van der Waals surface area contributed by atoms with Crippen molar-refractivity contribution in [2.75, 3.05) is 13.3 Å². The number of fused-ring (bicyclic) bond motifs is 1. The average Bonchev–Trinajstić information content (AvgIpc) is 3.08. The molecule has 3 rings (SSSR count). The minimum absolute atomic E-state index is 0.318. The highest BCUT2D eigenvalue weighted by Crippen LogP contribution is 2.35. The van der Waals surface area contributed by atoms with Gasteiger partial charge in [-0.1, -0.05) is 19.1 Å². The molecular weight excluding hydrogens is 258 g/mol. The lowest BCUT2D eigenvalue weighted by Gasteiger charge is -2.18. The molecule has 0 saturated carbocycles. The molecule has 1 aliphatic rings. The number of likely N-dealkylation sites (N-methyl/N-ethyl adjacent to an activating group) is 1. The van der Waals surface area contributed by atoms with Crippen LogP contribution in [0.3, 0.4) is 0 Å². The van der Waals surface area contributed by atoms with Crippen LogP contribution in [-0.4, -0.2) is 13.3 Å². The second-order valence-corrected chi connectivity index (χ2v) is 5.54. The molecule has 0 amide bonds. The lowest BCUT2D eigenvalue weighted by Crippen LogP contribution is -2.22. The zero-order valence-electron chi connectivity index (χ0n) is 10.9. The number of nitrogens with one attached hydrogen (secondary N) is 1. The van der Waals surface area contributed by atoms with E-state index >= 15 is 0 Å². The Morgan fingerprint density at radius 1 is 1.26 bits per heavy atom. The summed E-state index contributed by atoms with van der Waals surface area (Å²) in [7, 11) is 0. The van der Waals surface area contributed by atoms with Crippen LogP contribution in [0.2, 0.25) is 0 Å². The molecule has 0 radical (unpaired) electrons. The van der Waals surface area contributed by atoms with Crippen LogP contribution in [0.5, 0.6) is 11.5 Å². The molecule has 1 aromatic heterocycles. The smallest absolute Gasteiger partial charge is 0.231 e. The standard InChI is InChI=1S/C15H17NO2S/c1-2-16-13(9-12-4-3-7-19-12)11-5-6-14-15(8-11)18-10-17-14/h3-8,13,16H,2,9-10H2,1H3. The van der Waals surface area contributed by atoms with Gasteiger partial charge in [0.2, 0.25) is 6.79 Å². The summed E-state index contributed by atoms with van der Waals surface area (Å²) >= 11 is 1.80. The molecule has 19 heavy (non-hydrogen) atoms. The monoisotopic (exact) mass is 275 g/mol. The van der Waals surface area contributed by atoms with Crippen molar-refractivity contribution in [1.29, 1.82) is 0 Å². The van der Waals surface area contributed by atoms with Crippen molar-refractivity contribution < 1.29 is 9.47 Å². The highest BCUT2D eigenvalue weighted by Gasteiger charge is 2.18. The van der Waals surface area contributed by atoms with E-state index in [2.05, 4.69) is 41.9 Å². The molecule has 2 heterocycles. The van der Waals surface area contributed by atoms with E-state index in [1.54, 1.807) is 11.3 Å². The molecule has 1 unspecified atom stereocenters. The minimum Gasteiger partial charge on any atom is -0.454 e. The van der Waals surface area contributed by atoms with Gasteiger partial charge in [-0.15, -0.1) is 11.3 Å². The van der Waals surface area contributed by atoms with Crippen molar-refractivity contribution in [3.05, 3.63) is 46.2 Å². The number of hydrogen-bond acceptors (Lipinski definition) is 4. The summed E-state index contributed by atoms with van der Waals surface area (Å²) in [5.41, 5.74) is 1.25. The Balaban J connectivity index is 1.83. The molecule has 0 bridgehead atoms. The molecule has 1 aromatic carbocycles. The Labute approximate surface area is 117 Å². The summed E-state index contributed by atoms with van der Waals surface area (Å²) in [5.74, 6) is 1.70. The first-order valence-corrected chi connectivity index (χ1v) is 7.40. The second-order valence-electron chi connectivity index (χ2n) is 4.51. The summed E-state index contributed by atoms with van der Waals surface area (Å²) in [5, 5.41) is 5.66. The van der Waals surface area contributed by atoms with E-state index < -0.39 is 0 Å². The number of ether oxygens (including phenoxy) is 2. The normalized spacial score (nSPS) is 14.6. The van der Waals surface area contributed by atoms with Gasteiger partial charge in [0.05, 0.1) is 0 Å². The number of hydrogen-bond donors (Lipinski definition) is 1. The second kappa shape index (κ2) is 5.63. The van der Waals surface area contributed by atoms with E-state index in [0.717, 1.165) is 24.5 Å². The first-order chi connectivity index (χ1) is 9.36. The Bertz CT molecular complexity index is 539. The maximum absolute atomic E-state index is 5.46. The van der Waals surface area contributed by atoms with Gasteiger partial charge in [0.15, 0.2) is 11.5 Å². The van der Waals surface area contributed by atoms with Crippen molar-refractivity contribution in [2.45, 2.75) is 19.4 Å². The van der Waals surface area contributed by atoms with Crippen LogP contribution in [0.4, 0.5) is 0 Å². The first kappa shape index (κ1) is 12.5. The Morgan fingerprint density at radius 3 is 2.95 bits per heavy atom. The topological polar surface area (TPSA) is 30.5 Å². The number of thiophene rings is 1. The molecule has 0 spiro atoms. The van der Waals surface area contributed by atoms with Gasteiger partial charge in [0.25, 0.3) is 0 Å². The summed E-state index contributed by atoms with van der Waals surface area (Å²) in [4.78, 5) is 1.39. The zero-order valence-corrected chi connectivity index (χ0v) is 11.7. The highest BCUT2D eigenvalue weighted by atomic mass is 32.1. The molecule has 1 aliphatic heterocycles. The molecule has 0 aliphatic carbocycles. The lowest BCUT2D eigenvalue weighted by molar-refractivity contribution is 0.174. The van der Waals surface area contributed by atoms with E-state index in [0.29, 0.717) is 12.8 Å². The van der Waals surface area contributed by atoms with Gasteiger partial charge in [0.1, 0.15) is 0 Å². The predicted octanol–water partition coefficient (Wildman–Crippen LogP) is 3.37. The molecule has 4 heteroatoms. The number of benzene rings is 1. The third-order valence-electron chi connectivity index (χ3n) is 3.23. The quantitative estimate of drug-likeness (QED) is 0.907. The lowest BCUT2D eigenvalue weighted by atomic mass is 10.0. The maximum Gasteiger partial charge on any atom is 0.231 e. The Hall–Kier alpha value is -1.52. The molecular formula is C15H17NO2S. The maximum atomic E-state index is 5.46. The third-order valence-corrected chi connectivity index (χ3v) is 4.13. The largest absolute Gasteiger partial charge is 0.454 e. The Kier molecular flexibility index (Phi) is 3.71. The summed E-state index contributed by atoms with van der Waals surface area (Å²) in [6.45, 7) is 3.41. The molecule has 2 aromatic rings. The van der Waals surface area contributed by atoms with Gasteiger partial charge < -0.3 is 14.8 Å². The van der Waals surface area contributed by atoms with Crippen molar-refractivity contribution >= 4 is 11.3 Å². The van der Waals surface area contributed by atoms with Gasteiger partial charge in [-0.2, -0.15) is 0 Å². The molecule has 0 saturated heterocycles. The van der Waals surface area contributed by atoms with Crippen LogP contribution in [0, 0.1) is 0 Å². The van der Waals surface area contributed by atoms with Crippen LogP contribution in [0.25, 0.3) is 0 Å². The number of rotatable bonds is 5. The predicted molar refractivity (Wildman–Crippen MR) is 77.0 cm³/mol. The first-order valence-electron chi connectivity index (χ1n) is 6.52. The summed E-state index contributed by atoms with van der Waals surface area (Å²) in [6.07, 6.45) is 1.01. The van der Waals surface area contributed by atoms with Crippen LogP contribution in [0.15, 0.2) is 35.7 Å². The SMILES string of the molecule is CCNC(Cc1cccs1)c1ccc2c(c1)OCO2. The molecule has 1 N–H and O–H groups in total. The van der Waals surface area contributed by atoms with E-state index in [1.807, 2.05) is 6.07 Å². The fourth-order valence-corrected chi connectivity index (χ4v) is 3.07. The highest BCUT2D eigenvalue weighted by molar-refractivity contribution is 7.09. The third kappa shape index (κ3) is 2.74. The van der Waals surface area contributed by atoms with Gasteiger partial charge in [0, 0.05) is 17.3 Å². The van der Waals surface area contributed by atoms with Gasteiger partial charge in [-0.3, -0.25) is 0 Å². The van der Waals surface area contributed by atoms with Gasteiger partial charge >= 0.3 is 0 Å². The zero-order chi connectivity index (χ0) is 13.1. The van der Waals surface area contributed by atoms with Crippen LogP contribution in [-0.2, 0) is 6.42 Å². The fraction of sp³-hybridized carbons (Fsp3) is 0.333. The van der Waals surface area contributed by atoms with Crippen LogP contribution >= 0.6 is 11.3 Å². The molecule has 0 fully saturated rings. The average molecular weight is 275 g/mol. The molecule has 100 valence electrons. The minimum atomic E-state index is 0.318. The molecule has 1 atom stereocenters. The van der Waals surface area contributed by atoms with E-state index in [9.17, 15) is 0 Å². The van der Waals surface area contributed by atoms with Crippen molar-refractivity contribution in [3.63, 3.8) is 0 Å². The van der Waals surface area contributed by atoms with Crippen LogP contribution < -0.4 is 14.8 Å². The summed E-state index contributed by atoms with van der Waals surface area (Å²) in [6, 6.07) is 10.8. The van der Waals surface area contributed by atoms with E-state index in [1.165, 1.54) is 10.4 Å². The van der Waals surface area contributed by atoms with E-state index in [-0.39, 0.29) is 0 Å². The van der Waals surface area contributed by atoms with Crippen molar-refractivity contribution in [3.8, 4) is 11.5 Å².